The molecular formula is C23H29NO4S. The first-order valence-electron chi connectivity index (χ1n) is 10.0. The number of aliphatic hydroxyl groups is 1. The van der Waals surface area contributed by atoms with E-state index in [4.69, 9.17) is 9.47 Å². The summed E-state index contributed by atoms with van der Waals surface area (Å²) >= 11 is 1.53. The molecule has 1 saturated carbocycles. The fourth-order valence-corrected chi connectivity index (χ4v) is 4.57. The molecule has 0 unspecified atom stereocenters. The molecule has 1 fully saturated rings. The minimum atomic E-state index is 0.0191. The smallest absolute Gasteiger partial charge is 0.247 e. The summed E-state index contributed by atoms with van der Waals surface area (Å²) in [4.78, 5) is 16.1. The van der Waals surface area contributed by atoms with Crippen molar-refractivity contribution in [1.29, 1.82) is 0 Å². The minimum Gasteiger partial charge on any atom is -0.493 e. The Kier molecular flexibility index (Phi) is 7.72. The number of amides is 1. The normalized spacial score (nSPS) is 14.9. The van der Waals surface area contributed by atoms with Crippen LogP contribution < -0.4 is 9.47 Å². The zero-order valence-electron chi connectivity index (χ0n) is 17.1. The van der Waals surface area contributed by atoms with Gasteiger partial charge in [0, 0.05) is 23.5 Å². The Hall–Kier alpha value is -2.31. The van der Waals surface area contributed by atoms with Crippen molar-refractivity contribution in [2.75, 3.05) is 14.2 Å². The topological polar surface area (TPSA) is 59.0 Å². The van der Waals surface area contributed by atoms with Crippen LogP contribution in [0.25, 0.3) is 6.08 Å². The number of thiophene rings is 1. The standard InChI is InChI=1S/C23H29NO4S/c1-27-21-10-8-17(13-22(21)28-2)14-24(19-6-4-3-5-7-19)23(26)11-9-20-12-18(15-25)16-29-20/h8-13,16,19,25H,3-7,14-15H2,1-2H3/b11-9+. The van der Waals surface area contributed by atoms with Crippen LogP contribution in [0.2, 0.25) is 0 Å². The molecule has 1 aliphatic carbocycles. The third kappa shape index (κ3) is 5.61. The molecule has 1 aromatic carbocycles. The van der Waals surface area contributed by atoms with Crippen LogP contribution in [0.4, 0.5) is 0 Å². The Morgan fingerprint density at radius 1 is 1.14 bits per heavy atom. The van der Waals surface area contributed by atoms with Crippen molar-refractivity contribution in [3.8, 4) is 11.5 Å². The van der Waals surface area contributed by atoms with Gasteiger partial charge in [-0.25, -0.2) is 0 Å². The van der Waals surface area contributed by atoms with Gasteiger partial charge in [0.1, 0.15) is 0 Å². The van der Waals surface area contributed by atoms with E-state index in [-0.39, 0.29) is 18.6 Å². The fraction of sp³-hybridized carbons (Fsp3) is 0.435. The van der Waals surface area contributed by atoms with Crippen molar-refractivity contribution >= 4 is 23.3 Å². The SMILES string of the molecule is COc1ccc(CN(C(=O)/C=C/c2cc(CO)cs2)C2CCCCC2)cc1OC. The molecular weight excluding hydrogens is 386 g/mol. The zero-order chi connectivity index (χ0) is 20.6. The second-order valence-corrected chi connectivity index (χ2v) is 8.24. The van der Waals surface area contributed by atoms with E-state index >= 15 is 0 Å². The van der Waals surface area contributed by atoms with E-state index < -0.39 is 0 Å². The predicted octanol–water partition coefficient (Wildman–Crippen LogP) is 4.63. The molecule has 0 saturated heterocycles. The number of nitrogens with zero attached hydrogens (tertiary/aromatic N) is 1. The lowest BCUT2D eigenvalue weighted by Crippen LogP contribution is -2.40. The van der Waals surface area contributed by atoms with Crippen molar-refractivity contribution in [3.05, 3.63) is 51.7 Å². The second kappa shape index (κ2) is 10.5. The van der Waals surface area contributed by atoms with E-state index in [1.165, 1.54) is 17.8 Å². The van der Waals surface area contributed by atoms with Crippen molar-refractivity contribution in [1.82, 2.24) is 4.90 Å². The van der Waals surface area contributed by atoms with Gasteiger partial charge in [0.15, 0.2) is 11.5 Å². The van der Waals surface area contributed by atoms with Gasteiger partial charge in [0.2, 0.25) is 5.91 Å². The maximum absolute atomic E-state index is 13.1. The molecule has 1 N–H and O–H groups in total. The van der Waals surface area contributed by atoms with Gasteiger partial charge in [-0.1, -0.05) is 25.3 Å². The highest BCUT2D eigenvalue weighted by molar-refractivity contribution is 7.11. The van der Waals surface area contributed by atoms with Gasteiger partial charge in [-0.15, -0.1) is 11.3 Å². The Morgan fingerprint density at radius 3 is 2.55 bits per heavy atom. The Morgan fingerprint density at radius 2 is 1.90 bits per heavy atom. The highest BCUT2D eigenvalue weighted by Gasteiger charge is 2.24. The van der Waals surface area contributed by atoms with Crippen LogP contribution in [0.3, 0.4) is 0 Å². The largest absolute Gasteiger partial charge is 0.493 e. The first kappa shape index (κ1) is 21.4. The lowest BCUT2D eigenvalue weighted by Gasteiger charge is -2.34. The lowest BCUT2D eigenvalue weighted by atomic mass is 9.93. The molecule has 1 aromatic heterocycles. The van der Waals surface area contributed by atoms with Gasteiger partial charge in [0.05, 0.1) is 20.8 Å². The fourth-order valence-electron chi connectivity index (χ4n) is 3.77. The molecule has 3 rings (SSSR count). The van der Waals surface area contributed by atoms with E-state index in [0.717, 1.165) is 41.7 Å². The molecule has 0 aliphatic heterocycles. The molecule has 156 valence electrons. The van der Waals surface area contributed by atoms with Crippen LogP contribution >= 0.6 is 11.3 Å². The highest BCUT2D eigenvalue weighted by atomic mass is 32.1. The number of carbonyl (C=O) groups is 1. The van der Waals surface area contributed by atoms with Gasteiger partial charge >= 0.3 is 0 Å². The van der Waals surface area contributed by atoms with Crippen LogP contribution in [0, 0.1) is 0 Å². The number of aliphatic hydroxyl groups excluding tert-OH is 1. The average molecular weight is 416 g/mol. The van der Waals surface area contributed by atoms with Crippen LogP contribution in [-0.4, -0.2) is 36.2 Å². The van der Waals surface area contributed by atoms with E-state index in [0.29, 0.717) is 18.0 Å². The summed E-state index contributed by atoms with van der Waals surface area (Å²) in [6.45, 7) is 0.562. The number of hydrogen-bond donors (Lipinski definition) is 1. The summed E-state index contributed by atoms with van der Waals surface area (Å²) in [5, 5.41) is 11.1. The van der Waals surface area contributed by atoms with Crippen LogP contribution in [0.1, 0.15) is 48.1 Å². The number of benzene rings is 1. The maximum atomic E-state index is 13.1. The molecule has 1 aliphatic rings. The summed E-state index contributed by atoms with van der Waals surface area (Å²) in [6, 6.07) is 7.98. The zero-order valence-corrected chi connectivity index (χ0v) is 17.9. The average Bonchev–Trinajstić information content (AvgIpc) is 3.24. The van der Waals surface area contributed by atoms with E-state index in [1.807, 2.05) is 40.6 Å². The second-order valence-electron chi connectivity index (χ2n) is 7.30. The van der Waals surface area contributed by atoms with E-state index in [1.54, 1.807) is 20.3 Å². The van der Waals surface area contributed by atoms with Crippen molar-refractivity contribution in [3.63, 3.8) is 0 Å². The molecule has 6 heteroatoms. The van der Waals surface area contributed by atoms with Gasteiger partial charge < -0.3 is 19.5 Å². The number of hydrogen-bond acceptors (Lipinski definition) is 5. The van der Waals surface area contributed by atoms with Gasteiger partial charge in [-0.3, -0.25) is 4.79 Å². The van der Waals surface area contributed by atoms with Crippen molar-refractivity contribution in [2.24, 2.45) is 0 Å². The summed E-state index contributed by atoms with van der Waals surface area (Å²) < 4.78 is 10.7. The molecule has 0 spiro atoms. The predicted molar refractivity (Wildman–Crippen MR) is 116 cm³/mol. The molecule has 0 radical (unpaired) electrons. The third-order valence-electron chi connectivity index (χ3n) is 5.35. The first-order valence-corrected chi connectivity index (χ1v) is 10.9. The Balaban J connectivity index is 1.79. The molecule has 1 amide bonds. The summed E-state index contributed by atoms with van der Waals surface area (Å²) in [6.07, 6.45) is 9.15. The quantitative estimate of drug-likeness (QED) is 0.639. The van der Waals surface area contributed by atoms with Gasteiger partial charge in [0.25, 0.3) is 0 Å². The van der Waals surface area contributed by atoms with Crippen molar-refractivity contribution < 1.29 is 19.4 Å². The summed E-state index contributed by atoms with van der Waals surface area (Å²) in [5.41, 5.74) is 1.89. The number of ether oxygens (including phenoxy) is 2. The summed E-state index contributed by atoms with van der Waals surface area (Å²) in [5.74, 6) is 1.38. The number of carbonyl (C=O) groups excluding carboxylic acids is 1. The summed E-state index contributed by atoms with van der Waals surface area (Å²) in [7, 11) is 3.24. The van der Waals surface area contributed by atoms with Crippen LogP contribution in [0.5, 0.6) is 11.5 Å². The van der Waals surface area contributed by atoms with E-state index in [2.05, 4.69) is 0 Å². The number of methoxy groups -OCH3 is 2. The van der Waals surface area contributed by atoms with Gasteiger partial charge in [-0.05, 0) is 53.6 Å². The minimum absolute atomic E-state index is 0.0191. The highest BCUT2D eigenvalue weighted by Crippen LogP contribution is 2.30. The van der Waals surface area contributed by atoms with Gasteiger partial charge in [-0.2, -0.15) is 0 Å². The molecule has 29 heavy (non-hydrogen) atoms. The lowest BCUT2D eigenvalue weighted by molar-refractivity contribution is -0.129. The van der Waals surface area contributed by atoms with Crippen LogP contribution in [0.15, 0.2) is 35.7 Å². The first-order chi connectivity index (χ1) is 14.1. The van der Waals surface area contributed by atoms with Crippen molar-refractivity contribution in [2.45, 2.75) is 51.3 Å². The Labute approximate surface area is 176 Å². The Bertz CT molecular complexity index is 839. The molecule has 1 heterocycles. The maximum Gasteiger partial charge on any atom is 0.247 e. The van der Waals surface area contributed by atoms with E-state index in [9.17, 15) is 9.90 Å². The molecule has 5 nitrogen and oxygen atoms in total. The monoisotopic (exact) mass is 415 g/mol. The molecule has 0 atom stereocenters. The van der Waals surface area contributed by atoms with Crippen LogP contribution in [-0.2, 0) is 17.9 Å². The third-order valence-corrected chi connectivity index (χ3v) is 6.29. The molecule has 2 aromatic rings. The number of rotatable bonds is 8. The molecule has 0 bridgehead atoms.